The van der Waals surface area contributed by atoms with Crippen molar-refractivity contribution in [1.82, 2.24) is 15.3 Å². The largest absolute Gasteiger partial charge is 0.354 e. The monoisotopic (exact) mass is 192 g/mol. The molecule has 1 N–H and O–H groups in total. The maximum Gasteiger partial charge on any atom is 0.147 e. The van der Waals surface area contributed by atoms with Crippen molar-refractivity contribution in [3.63, 3.8) is 0 Å². The third-order valence-electron chi connectivity index (χ3n) is 2.73. The summed E-state index contributed by atoms with van der Waals surface area (Å²) in [5.74, 6) is 0.959. The van der Waals surface area contributed by atoms with Crippen molar-refractivity contribution >= 4 is 5.82 Å². The Balaban J connectivity index is 2.03. The standard InChI is InChI=1S/C10H16N4/c1-14(9-3-2-4-11-7-9)10-8-12-5-6-13-10/h5-6,8-9,11H,2-4,7H2,1H3/t9-/m0/s1. The summed E-state index contributed by atoms with van der Waals surface area (Å²) < 4.78 is 0. The zero-order valence-electron chi connectivity index (χ0n) is 8.48. The Kier molecular flexibility index (Phi) is 2.93. The van der Waals surface area contributed by atoms with E-state index in [-0.39, 0.29) is 0 Å². The molecule has 2 heterocycles. The van der Waals surface area contributed by atoms with Crippen LogP contribution in [-0.2, 0) is 0 Å². The Morgan fingerprint density at radius 3 is 3.07 bits per heavy atom. The van der Waals surface area contributed by atoms with Gasteiger partial charge in [0, 0.05) is 32.0 Å². The van der Waals surface area contributed by atoms with Crippen molar-refractivity contribution < 1.29 is 0 Å². The lowest BCUT2D eigenvalue weighted by Crippen LogP contribution is -2.44. The minimum Gasteiger partial charge on any atom is -0.354 e. The molecule has 2 rings (SSSR count). The number of hydrogen-bond donors (Lipinski definition) is 1. The number of nitrogens with zero attached hydrogens (tertiary/aromatic N) is 3. The number of anilines is 1. The van der Waals surface area contributed by atoms with Gasteiger partial charge in [-0.3, -0.25) is 4.98 Å². The van der Waals surface area contributed by atoms with Crippen molar-refractivity contribution in [2.75, 3.05) is 25.0 Å². The van der Waals surface area contributed by atoms with Gasteiger partial charge in [-0.05, 0) is 19.4 Å². The summed E-state index contributed by atoms with van der Waals surface area (Å²) in [6.45, 7) is 2.19. The van der Waals surface area contributed by atoms with Gasteiger partial charge in [0.25, 0.3) is 0 Å². The minimum atomic E-state index is 0.556. The first-order valence-electron chi connectivity index (χ1n) is 5.07. The maximum atomic E-state index is 4.29. The lowest BCUT2D eigenvalue weighted by Gasteiger charge is -2.32. The zero-order valence-corrected chi connectivity index (χ0v) is 8.48. The topological polar surface area (TPSA) is 41.1 Å². The SMILES string of the molecule is CN(c1cnccn1)[C@H]1CCCNC1. The highest BCUT2D eigenvalue weighted by Gasteiger charge is 2.18. The van der Waals surface area contributed by atoms with Crippen molar-refractivity contribution in [1.29, 1.82) is 0 Å². The van der Waals surface area contributed by atoms with Crippen LogP contribution in [0.2, 0.25) is 0 Å². The summed E-state index contributed by atoms with van der Waals surface area (Å²) in [5, 5.41) is 3.40. The Bertz CT molecular complexity index is 269. The predicted molar refractivity (Wildman–Crippen MR) is 56.3 cm³/mol. The molecule has 4 heteroatoms. The van der Waals surface area contributed by atoms with Gasteiger partial charge >= 0.3 is 0 Å². The molecule has 0 saturated carbocycles. The van der Waals surface area contributed by atoms with Gasteiger partial charge in [-0.15, -0.1) is 0 Å². The number of likely N-dealkylation sites (N-methyl/N-ethyl adjacent to an activating group) is 1. The first kappa shape index (κ1) is 9.40. The summed E-state index contributed by atoms with van der Waals surface area (Å²) >= 11 is 0. The minimum absolute atomic E-state index is 0.556. The van der Waals surface area contributed by atoms with Crippen molar-refractivity contribution in [3.8, 4) is 0 Å². The summed E-state index contributed by atoms with van der Waals surface area (Å²) in [4.78, 5) is 10.6. The maximum absolute atomic E-state index is 4.29. The average Bonchev–Trinajstić information content (AvgIpc) is 2.30. The second-order valence-corrected chi connectivity index (χ2v) is 3.67. The first-order valence-corrected chi connectivity index (χ1v) is 5.07. The summed E-state index contributed by atoms with van der Waals surface area (Å²) in [7, 11) is 2.08. The fourth-order valence-corrected chi connectivity index (χ4v) is 1.82. The highest BCUT2D eigenvalue weighted by atomic mass is 15.2. The van der Waals surface area contributed by atoms with Crippen LogP contribution >= 0.6 is 0 Å². The molecule has 0 aromatic carbocycles. The van der Waals surface area contributed by atoms with E-state index in [4.69, 9.17) is 0 Å². The molecular weight excluding hydrogens is 176 g/mol. The van der Waals surface area contributed by atoms with Gasteiger partial charge in [0.05, 0.1) is 6.20 Å². The Hall–Kier alpha value is -1.16. The lowest BCUT2D eigenvalue weighted by atomic mass is 10.1. The number of hydrogen-bond acceptors (Lipinski definition) is 4. The highest BCUT2D eigenvalue weighted by Crippen LogP contribution is 2.14. The first-order chi connectivity index (χ1) is 6.88. The highest BCUT2D eigenvalue weighted by molar-refractivity contribution is 5.35. The van der Waals surface area contributed by atoms with E-state index >= 15 is 0 Å². The molecule has 0 bridgehead atoms. The lowest BCUT2D eigenvalue weighted by molar-refractivity contribution is 0.443. The fourth-order valence-electron chi connectivity index (χ4n) is 1.82. The van der Waals surface area contributed by atoms with Gasteiger partial charge in [-0.2, -0.15) is 0 Å². The van der Waals surface area contributed by atoms with Crippen molar-refractivity contribution in [3.05, 3.63) is 18.6 Å². The Labute approximate surface area is 84.4 Å². The Morgan fingerprint density at radius 2 is 2.43 bits per heavy atom. The van der Waals surface area contributed by atoms with E-state index in [9.17, 15) is 0 Å². The normalized spacial score (nSPS) is 21.9. The molecule has 0 unspecified atom stereocenters. The second kappa shape index (κ2) is 4.37. The summed E-state index contributed by atoms with van der Waals surface area (Å²) in [6, 6.07) is 0.556. The molecule has 1 aliphatic heterocycles. The molecule has 1 aromatic rings. The third kappa shape index (κ3) is 2.01. The van der Waals surface area contributed by atoms with E-state index in [0.717, 1.165) is 18.9 Å². The van der Waals surface area contributed by atoms with Crippen LogP contribution in [0.15, 0.2) is 18.6 Å². The molecule has 1 saturated heterocycles. The van der Waals surface area contributed by atoms with E-state index < -0.39 is 0 Å². The summed E-state index contributed by atoms with van der Waals surface area (Å²) in [6.07, 6.45) is 7.74. The van der Waals surface area contributed by atoms with E-state index in [1.165, 1.54) is 12.8 Å². The molecule has 0 amide bonds. The quantitative estimate of drug-likeness (QED) is 0.747. The van der Waals surface area contributed by atoms with Crippen LogP contribution in [0.3, 0.4) is 0 Å². The van der Waals surface area contributed by atoms with Crippen LogP contribution < -0.4 is 10.2 Å². The molecule has 0 spiro atoms. The molecule has 1 fully saturated rings. The molecule has 14 heavy (non-hydrogen) atoms. The molecule has 1 atom stereocenters. The molecular formula is C10H16N4. The van der Waals surface area contributed by atoms with E-state index in [0.29, 0.717) is 6.04 Å². The zero-order chi connectivity index (χ0) is 9.80. The van der Waals surface area contributed by atoms with Gasteiger partial charge in [0.2, 0.25) is 0 Å². The van der Waals surface area contributed by atoms with Gasteiger partial charge in [-0.25, -0.2) is 4.98 Å². The van der Waals surface area contributed by atoms with Gasteiger partial charge in [0.1, 0.15) is 5.82 Å². The van der Waals surface area contributed by atoms with Crippen molar-refractivity contribution in [2.24, 2.45) is 0 Å². The fraction of sp³-hybridized carbons (Fsp3) is 0.600. The summed E-state index contributed by atoms with van der Waals surface area (Å²) in [5.41, 5.74) is 0. The number of rotatable bonds is 2. The number of aromatic nitrogens is 2. The smallest absolute Gasteiger partial charge is 0.147 e. The number of piperidine rings is 1. The third-order valence-corrected chi connectivity index (χ3v) is 2.73. The van der Waals surface area contributed by atoms with Crippen LogP contribution in [0.4, 0.5) is 5.82 Å². The molecule has 1 aromatic heterocycles. The van der Waals surface area contributed by atoms with Crippen LogP contribution in [0.1, 0.15) is 12.8 Å². The van der Waals surface area contributed by atoms with Gasteiger partial charge in [0.15, 0.2) is 0 Å². The molecule has 4 nitrogen and oxygen atoms in total. The van der Waals surface area contributed by atoms with E-state index in [2.05, 4.69) is 27.2 Å². The molecule has 1 aliphatic rings. The Morgan fingerprint density at radius 1 is 1.50 bits per heavy atom. The average molecular weight is 192 g/mol. The predicted octanol–water partition coefficient (Wildman–Crippen LogP) is 0.665. The van der Waals surface area contributed by atoms with Crippen LogP contribution in [0, 0.1) is 0 Å². The molecule has 0 aliphatic carbocycles. The van der Waals surface area contributed by atoms with Gasteiger partial charge in [-0.1, -0.05) is 0 Å². The van der Waals surface area contributed by atoms with E-state index in [1.54, 1.807) is 12.4 Å². The van der Waals surface area contributed by atoms with Crippen LogP contribution in [0.5, 0.6) is 0 Å². The number of nitrogens with one attached hydrogen (secondary N) is 1. The van der Waals surface area contributed by atoms with Crippen LogP contribution in [0.25, 0.3) is 0 Å². The molecule has 76 valence electrons. The second-order valence-electron chi connectivity index (χ2n) is 3.67. The van der Waals surface area contributed by atoms with E-state index in [1.807, 2.05) is 6.20 Å². The van der Waals surface area contributed by atoms with Gasteiger partial charge < -0.3 is 10.2 Å². The molecule has 0 radical (unpaired) electrons. The van der Waals surface area contributed by atoms with Crippen LogP contribution in [-0.4, -0.2) is 36.1 Å². The van der Waals surface area contributed by atoms with Crippen molar-refractivity contribution in [2.45, 2.75) is 18.9 Å².